The second-order valence-corrected chi connectivity index (χ2v) is 6.21. The van der Waals surface area contributed by atoms with Gasteiger partial charge >= 0.3 is 5.97 Å². The third kappa shape index (κ3) is 3.80. The molecule has 1 amide bonds. The lowest BCUT2D eigenvalue weighted by molar-refractivity contribution is 0.0685. The van der Waals surface area contributed by atoms with Gasteiger partial charge in [-0.05, 0) is 25.5 Å². The van der Waals surface area contributed by atoms with E-state index in [9.17, 15) is 14.7 Å². The van der Waals surface area contributed by atoms with Gasteiger partial charge in [-0.2, -0.15) is 5.10 Å². The van der Waals surface area contributed by atoms with Crippen LogP contribution in [0.2, 0.25) is 5.02 Å². The zero-order valence-corrected chi connectivity index (χ0v) is 15.4. The number of nitrogens with one attached hydrogen (secondary N) is 1. The Kier molecular flexibility index (Phi) is 5.18. The summed E-state index contributed by atoms with van der Waals surface area (Å²) in [7, 11) is 0. The van der Waals surface area contributed by atoms with Crippen LogP contribution >= 0.6 is 11.6 Å². The fourth-order valence-electron chi connectivity index (χ4n) is 2.65. The highest BCUT2D eigenvalue weighted by Gasteiger charge is 2.22. The fourth-order valence-corrected chi connectivity index (χ4v) is 2.85. The minimum Gasteiger partial charge on any atom is -0.476 e. The third-order valence-corrected chi connectivity index (χ3v) is 4.38. The zero-order valence-electron chi connectivity index (χ0n) is 14.6. The Hall–Kier alpha value is -3.26. The predicted octanol–water partition coefficient (Wildman–Crippen LogP) is 2.94. The smallest absolute Gasteiger partial charge is 0.356 e. The van der Waals surface area contributed by atoms with Crippen LogP contribution in [0.15, 0.2) is 36.7 Å². The summed E-state index contributed by atoms with van der Waals surface area (Å²) in [6.07, 6.45) is 2.49. The quantitative estimate of drug-likeness (QED) is 0.698. The van der Waals surface area contributed by atoms with Gasteiger partial charge in [-0.25, -0.2) is 14.8 Å². The van der Waals surface area contributed by atoms with Crippen LogP contribution in [0.3, 0.4) is 0 Å². The second kappa shape index (κ2) is 7.55. The number of nitrogens with zero attached hydrogens (tertiary/aromatic N) is 4. The standard InChI is InChI=1S/C18H16ClN5O3/c1-10-14(22-17(25)15-16(18(26)27)21-8-7-20-15)11(2)24(23-10)9-12-5-3-4-6-13(12)19/h3-8H,9H2,1-2H3,(H,22,25)(H,26,27). The highest BCUT2D eigenvalue weighted by molar-refractivity contribution is 6.31. The van der Waals surface area contributed by atoms with Crippen LogP contribution < -0.4 is 5.32 Å². The molecule has 0 spiro atoms. The van der Waals surface area contributed by atoms with Gasteiger partial charge in [0.1, 0.15) is 0 Å². The minimum absolute atomic E-state index is 0.261. The Morgan fingerprint density at radius 1 is 1.15 bits per heavy atom. The Balaban J connectivity index is 1.89. The molecule has 3 aromatic rings. The average Bonchev–Trinajstić information content (AvgIpc) is 2.91. The zero-order chi connectivity index (χ0) is 19.6. The molecule has 2 heterocycles. The van der Waals surface area contributed by atoms with Crippen molar-refractivity contribution in [3.05, 3.63) is 70.0 Å². The minimum atomic E-state index is -1.32. The van der Waals surface area contributed by atoms with Crippen LogP contribution in [-0.4, -0.2) is 36.7 Å². The van der Waals surface area contributed by atoms with Gasteiger partial charge in [-0.1, -0.05) is 29.8 Å². The van der Waals surface area contributed by atoms with Crippen LogP contribution in [0.5, 0.6) is 0 Å². The van der Waals surface area contributed by atoms with Crippen molar-refractivity contribution in [1.82, 2.24) is 19.7 Å². The number of halogens is 1. The number of benzene rings is 1. The summed E-state index contributed by atoms with van der Waals surface area (Å²) in [5, 5.41) is 16.9. The molecule has 0 aliphatic heterocycles. The Labute approximate surface area is 159 Å². The highest BCUT2D eigenvalue weighted by Crippen LogP contribution is 2.23. The maximum atomic E-state index is 12.5. The van der Waals surface area contributed by atoms with Crippen molar-refractivity contribution in [1.29, 1.82) is 0 Å². The monoisotopic (exact) mass is 385 g/mol. The van der Waals surface area contributed by atoms with E-state index < -0.39 is 17.6 Å². The van der Waals surface area contributed by atoms with Crippen molar-refractivity contribution in [2.45, 2.75) is 20.4 Å². The van der Waals surface area contributed by atoms with Crippen LogP contribution in [0.4, 0.5) is 5.69 Å². The number of anilines is 1. The number of aryl methyl sites for hydroxylation is 1. The summed E-state index contributed by atoms with van der Waals surface area (Å²) >= 11 is 6.20. The topological polar surface area (TPSA) is 110 Å². The van der Waals surface area contributed by atoms with Gasteiger partial charge in [0.2, 0.25) is 0 Å². The molecule has 0 aliphatic carbocycles. The van der Waals surface area contributed by atoms with Crippen LogP contribution in [0.25, 0.3) is 0 Å². The van der Waals surface area contributed by atoms with Crippen molar-refractivity contribution >= 4 is 29.2 Å². The first-order chi connectivity index (χ1) is 12.9. The van der Waals surface area contributed by atoms with E-state index in [-0.39, 0.29) is 5.69 Å². The van der Waals surface area contributed by atoms with Crippen molar-refractivity contribution < 1.29 is 14.7 Å². The summed E-state index contributed by atoms with van der Waals surface area (Å²) in [5.41, 5.74) is 2.02. The first-order valence-corrected chi connectivity index (χ1v) is 8.39. The van der Waals surface area contributed by atoms with E-state index in [1.54, 1.807) is 24.6 Å². The number of aromatic carboxylic acids is 1. The summed E-state index contributed by atoms with van der Waals surface area (Å²) in [4.78, 5) is 31.3. The number of carboxylic acids is 1. The van der Waals surface area contributed by atoms with Crippen molar-refractivity contribution in [2.75, 3.05) is 5.32 Å². The SMILES string of the molecule is Cc1nn(Cc2ccccc2Cl)c(C)c1NC(=O)c1nccnc1C(=O)O. The number of carbonyl (C=O) groups excluding carboxylic acids is 1. The Morgan fingerprint density at radius 3 is 2.48 bits per heavy atom. The summed E-state index contributed by atoms with van der Waals surface area (Å²) in [6, 6.07) is 7.43. The number of rotatable bonds is 5. The predicted molar refractivity (Wildman–Crippen MR) is 99.2 cm³/mol. The molecule has 0 unspecified atom stereocenters. The number of hydrogen-bond acceptors (Lipinski definition) is 5. The Morgan fingerprint density at radius 2 is 1.81 bits per heavy atom. The van der Waals surface area contributed by atoms with E-state index in [2.05, 4.69) is 20.4 Å². The number of aromatic nitrogens is 4. The van der Waals surface area contributed by atoms with Gasteiger partial charge in [-0.3, -0.25) is 9.48 Å². The van der Waals surface area contributed by atoms with E-state index in [1.165, 1.54) is 12.4 Å². The normalized spacial score (nSPS) is 10.6. The fraction of sp³-hybridized carbons (Fsp3) is 0.167. The van der Waals surface area contributed by atoms with Crippen LogP contribution in [0.1, 0.15) is 37.9 Å². The average molecular weight is 386 g/mol. The van der Waals surface area contributed by atoms with Crippen molar-refractivity contribution in [3.63, 3.8) is 0 Å². The molecule has 0 bridgehead atoms. The Bertz CT molecular complexity index is 1030. The molecule has 2 N–H and O–H groups in total. The maximum Gasteiger partial charge on any atom is 0.356 e. The van der Waals surface area contributed by atoms with Crippen LogP contribution in [-0.2, 0) is 6.54 Å². The van der Waals surface area contributed by atoms with Gasteiger partial charge < -0.3 is 10.4 Å². The molecular weight excluding hydrogens is 370 g/mol. The van der Waals surface area contributed by atoms with E-state index in [4.69, 9.17) is 11.6 Å². The lowest BCUT2D eigenvalue weighted by Gasteiger charge is -2.08. The van der Waals surface area contributed by atoms with E-state index in [1.807, 2.05) is 18.2 Å². The molecule has 2 aromatic heterocycles. The van der Waals surface area contributed by atoms with Gasteiger partial charge in [0.15, 0.2) is 11.4 Å². The largest absolute Gasteiger partial charge is 0.476 e. The molecule has 0 saturated heterocycles. The molecule has 27 heavy (non-hydrogen) atoms. The first kappa shape index (κ1) is 18.5. The number of carboxylic acid groups (broad SMARTS) is 1. The van der Waals surface area contributed by atoms with E-state index in [0.717, 1.165) is 5.56 Å². The molecule has 0 saturated carbocycles. The van der Waals surface area contributed by atoms with Gasteiger partial charge in [0.05, 0.1) is 23.6 Å². The van der Waals surface area contributed by atoms with Gasteiger partial charge in [-0.15, -0.1) is 0 Å². The molecule has 9 heteroatoms. The molecule has 0 radical (unpaired) electrons. The molecular formula is C18H16ClN5O3. The van der Waals surface area contributed by atoms with Crippen molar-refractivity contribution in [3.8, 4) is 0 Å². The van der Waals surface area contributed by atoms with Gasteiger partial charge in [0.25, 0.3) is 5.91 Å². The summed E-state index contributed by atoms with van der Waals surface area (Å²) in [5.74, 6) is -1.99. The second-order valence-electron chi connectivity index (χ2n) is 5.81. The highest BCUT2D eigenvalue weighted by atomic mass is 35.5. The third-order valence-electron chi connectivity index (χ3n) is 4.01. The molecule has 8 nitrogen and oxygen atoms in total. The number of hydrogen-bond donors (Lipinski definition) is 2. The van der Waals surface area contributed by atoms with Crippen LogP contribution in [0, 0.1) is 13.8 Å². The number of amides is 1. The lowest BCUT2D eigenvalue weighted by atomic mass is 10.2. The molecule has 0 aliphatic rings. The molecule has 1 aromatic carbocycles. The molecule has 3 rings (SSSR count). The number of carbonyl (C=O) groups is 2. The molecule has 0 fully saturated rings. The first-order valence-electron chi connectivity index (χ1n) is 8.01. The summed E-state index contributed by atoms with van der Waals surface area (Å²) < 4.78 is 1.72. The lowest BCUT2D eigenvalue weighted by Crippen LogP contribution is -2.20. The molecule has 0 atom stereocenters. The molecule has 138 valence electrons. The van der Waals surface area contributed by atoms with E-state index in [0.29, 0.717) is 28.6 Å². The van der Waals surface area contributed by atoms with Crippen molar-refractivity contribution in [2.24, 2.45) is 0 Å². The summed E-state index contributed by atoms with van der Waals surface area (Å²) in [6.45, 7) is 4.00. The van der Waals surface area contributed by atoms with E-state index >= 15 is 0 Å². The maximum absolute atomic E-state index is 12.5. The van der Waals surface area contributed by atoms with Gasteiger partial charge in [0, 0.05) is 17.4 Å².